The molecule has 0 unspecified atom stereocenters. The van der Waals surface area contributed by atoms with Crippen LogP contribution in [0.3, 0.4) is 0 Å². The van der Waals surface area contributed by atoms with Crippen LogP contribution < -0.4 is 10.9 Å². The van der Waals surface area contributed by atoms with Crippen molar-refractivity contribution in [3.63, 3.8) is 0 Å². The van der Waals surface area contributed by atoms with E-state index >= 15 is 0 Å². The normalized spacial score (nSPS) is 10.8. The zero-order valence-corrected chi connectivity index (χ0v) is 15.0. The monoisotopic (exact) mass is 377 g/mol. The summed E-state index contributed by atoms with van der Waals surface area (Å²) in [5, 5.41) is 6.29. The van der Waals surface area contributed by atoms with Crippen LogP contribution in [0.15, 0.2) is 58.2 Å². The molecule has 3 aromatic heterocycles. The first-order valence-electron chi connectivity index (χ1n) is 8.31. The van der Waals surface area contributed by atoms with E-state index in [0.29, 0.717) is 17.1 Å². The van der Waals surface area contributed by atoms with Crippen molar-refractivity contribution in [1.82, 2.24) is 29.5 Å². The van der Waals surface area contributed by atoms with Crippen molar-refractivity contribution in [2.75, 3.05) is 5.32 Å². The summed E-state index contributed by atoms with van der Waals surface area (Å²) in [6.45, 7) is 1.73. The maximum absolute atomic E-state index is 12.8. The molecule has 3 heterocycles. The standard InChI is InChI=1S/C18H15N7O3/c1-11-14(18(27)25(24(11)2)12-6-4-3-5-7-12)21-16(26)17-22-15(23-28-17)13-10-19-8-9-20-13/h3-10H,1-2H3,(H,21,26). The van der Waals surface area contributed by atoms with Gasteiger partial charge in [0.05, 0.1) is 17.6 Å². The third-order valence-electron chi connectivity index (χ3n) is 4.21. The molecule has 0 aliphatic rings. The number of carbonyl (C=O) groups excluding carboxylic acids is 1. The fourth-order valence-corrected chi connectivity index (χ4v) is 2.71. The van der Waals surface area contributed by atoms with Gasteiger partial charge in [-0.05, 0) is 19.1 Å². The molecule has 1 amide bonds. The Morgan fingerprint density at radius 2 is 1.96 bits per heavy atom. The molecule has 1 aromatic carbocycles. The van der Waals surface area contributed by atoms with Crippen LogP contribution in [-0.2, 0) is 7.05 Å². The fourth-order valence-electron chi connectivity index (χ4n) is 2.71. The molecular formula is C18H15N7O3. The van der Waals surface area contributed by atoms with Gasteiger partial charge in [0.25, 0.3) is 5.56 Å². The zero-order chi connectivity index (χ0) is 19.7. The lowest BCUT2D eigenvalue weighted by molar-refractivity contribution is 0.0981. The summed E-state index contributed by atoms with van der Waals surface area (Å²) in [5.74, 6) is -0.840. The fraction of sp³-hybridized carbons (Fsp3) is 0.111. The summed E-state index contributed by atoms with van der Waals surface area (Å²) in [6, 6.07) is 9.12. The minimum atomic E-state index is -0.686. The SMILES string of the molecule is Cc1c(NC(=O)c2nc(-c3cnccn3)no2)c(=O)n(-c2ccccc2)n1C. The number of hydrogen-bond acceptors (Lipinski definition) is 7. The quantitative estimate of drug-likeness (QED) is 0.573. The molecule has 0 fully saturated rings. The topological polar surface area (TPSA) is 121 Å². The average Bonchev–Trinajstić information content (AvgIpc) is 3.30. The summed E-state index contributed by atoms with van der Waals surface area (Å²) in [6.07, 6.45) is 4.43. The van der Waals surface area contributed by atoms with E-state index in [0.717, 1.165) is 0 Å². The van der Waals surface area contributed by atoms with E-state index in [1.807, 2.05) is 18.2 Å². The van der Waals surface area contributed by atoms with E-state index in [9.17, 15) is 9.59 Å². The van der Waals surface area contributed by atoms with E-state index in [4.69, 9.17) is 4.52 Å². The summed E-state index contributed by atoms with van der Waals surface area (Å²) in [4.78, 5) is 37.3. The van der Waals surface area contributed by atoms with Gasteiger partial charge in [-0.2, -0.15) is 4.98 Å². The van der Waals surface area contributed by atoms with Crippen LogP contribution in [0, 0.1) is 6.92 Å². The molecule has 0 atom stereocenters. The van der Waals surface area contributed by atoms with E-state index in [2.05, 4.69) is 25.4 Å². The molecule has 10 heteroatoms. The van der Waals surface area contributed by atoms with Gasteiger partial charge in [-0.1, -0.05) is 23.4 Å². The maximum Gasteiger partial charge on any atom is 0.316 e. The summed E-state index contributed by atoms with van der Waals surface area (Å²) in [5.41, 5.74) is 1.40. The molecule has 10 nitrogen and oxygen atoms in total. The van der Waals surface area contributed by atoms with Gasteiger partial charge in [0.2, 0.25) is 5.82 Å². The zero-order valence-electron chi connectivity index (χ0n) is 15.0. The predicted molar refractivity (Wildman–Crippen MR) is 99.0 cm³/mol. The molecule has 140 valence electrons. The van der Waals surface area contributed by atoms with Crippen molar-refractivity contribution in [3.05, 3.63) is 70.9 Å². The highest BCUT2D eigenvalue weighted by Crippen LogP contribution is 2.16. The van der Waals surface area contributed by atoms with Crippen molar-refractivity contribution in [2.45, 2.75) is 6.92 Å². The summed E-state index contributed by atoms with van der Waals surface area (Å²) >= 11 is 0. The maximum atomic E-state index is 12.8. The first kappa shape index (κ1) is 17.3. The van der Waals surface area contributed by atoms with Crippen LogP contribution in [-0.4, -0.2) is 35.4 Å². The highest BCUT2D eigenvalue weighted by Gasteiger charge is 2.22. The predicted octanol–water partition coefficient (Wildman–Crippen LogP) is 1.58. The number of anilines is 1. The lowest BCUT2D eigenvalue weighted by Crippen LogP contribution is -2.23. The van der Waals surface area contributed by atoms with Gasteiger partial charge in [-0.25, -0.2) is 9.67 Å². The highest BCUT2D eigenvalue weighted by molar-refractivity contribution is 6.01. The van der Waals surface area contributed by atoms with Crippen molar-refractivity contribution in [3.8, 4) is 17.2 Å². The van der Waals surface area contributed by atoms with Gasteiger partial charge in [-0.3, -0.25) is 19.3 Å². The molecule has 4 rings (SSSR count). The minimum Gasteiger partial charge on any atom is -0.328 e. The van der Waals surface area contributed by atoms with Crippen molar-refractivity contribution < 1.29 is 9.32 Å². The Bertz CT molecular complexity index is 1190. The Hall–Kier alpha value is -4.08. The Labute approximate surface area is 158 Å². The lowest BCUT2D eigenvalue weighted by Gasteiger charge is -2.07. The van der Waals surface area contributed by atoms with Gasteiger partial charge in [0.1, 0.15) is 11.4 Å². The summed E-state index contributed by atoms with van der Waals surface area (Å²) < 4.78 is 8.12. The van der Waals surface area contributed by atoms with Crippen molar-refractivity contribution >= 4 is 11.6 Å². The molecule has 0 radical (unpaired) electrons. The van der Waals surface area contributed by atoms with Gasteiger partial charge in [-0.15, -0.1) is 0 Å². The Kier molecular flexibility index (Phi) is 4.28. The number of carbonyl (C=O) groups is 1. The molecule has 0 spiro atoms. The second-order valence-corrected chi connectivity index (χ2v) is 5.90. The molecule has 0 aliphatic carbocycles. The minimum absolute atomic E-state index is 0.129. The van der Waals surface area contributed by atoms with Gasteiger partial charge >= 0.3 is 11.8 Å². The number of aromatic nitrogens is 6. The third kappa shape index (κ3) is 2.96. The lowest BCUT2D eigenvalue weighted by atomic mass is 10.3. The van der Waals surface area contributed by atoms with Crippen LogP contribution in [0.4, 0.5) is 5.69 Å². The number of rotatable bonds is 4. The number of benzene rings is 1. The van der Waals surface area contributed by atoms with E-state index in [-0.39, 0.29) is 23.0 Å². The van der Waals surface area contributed by atoms with Crippen molar-refractivity contribution in [2.24, 2.45) is 7.05 Å². The van der Waals surface area contributed by atoms with Gasteiger partial charge < -0.3 is 9.84 Å². The van der Waals surface area contributed by atoms with E-state index in [1.54, 1.807) is 30.8 Å². The number of hydrogen-bond donors (Lipinski definition) is 1. The molecule has 0 saturated heterocycles. The second-order valence-electron chi connectivity index (χ2n) is 5.90. The van der Waals surface area contributed by atoms with Crippen LogP contribution in [0.1, 0.15) is 16.4 Å². The number of nitrogens with one attached hydrogen (secondary N) is 1. The number of nitrogens with zero attached hydrogens (tertiary/aromatic N) is 6. The Morgan fingerprint density at radius 3 is 2.68 bits per heavy atom. The van der Waals surface area contributed by atoms with Gasteiger partial charge in [0, 0.05) is 19.4 Å². The van der Waals surface area contributed by atoms with Gasteiger partial charge in [0.15, 0.2) is 0 Å². The third-order valence-corrected chi connectivity index (χ3v) is 4.21. The van der Waals surface area contributed by atoms with Crippen LogP contribution >= 0.6 is 0 Å². The first-order chi connectivity index (χ1) is 13.6. The average molecular weight is 377 g/mol. The van der Waals surface area contributed by atoms with E-state index in [1.165, 1.54) is 23.3 Å². The Morgan fingerprint density at radius 1 is 1.18 bits per heavy atom. The number of para-hydroxylation sites is 1. The van der Waals surface area contributed by atoms with Crippen LogP contribution in [0.5, 0.6) is 0 Å². The number of amides is 1. The summed E-state index contributed by atoms with van der Waals surface area (Å²) in [7, 11) is 1.73. The molecule has 0 saturated carbocycles. The molecule has 28 heavy (non-hydrogen) atoms. The van der Waals surface area contributed by atoms with Crippen LogP contribution in [0.2, 0.25) is 0 Å². The molecule has 4 aromatic rings. The largest absolute Gasteiger partial charge is 0.328 e. The van der Waals surface area contributed by atoms with E-state index < -0.39 is 5.91 Å². The smallest absolute Gasteiger partial charge is 0.316 e. The second kappa shape index (κ2) is 6.91. The Balaban J connectivity index is 1.64. The molecule has 0 aliphatic heterocycles. The highest BCUT2D eigenvalue weighted by atomic mass is 16.5. The van der Waals surface area contributed by atoms with Crippen molar-refractivity contribution in [1.29, 1.82) is 0 Å². The molecule has 0 bridgehead atoms. The first-order valence-corrected chi connectivity index (χ1v) is 8.31. The molecule has 1 N–H and O–H groups in total. The molecular weight excluding hydrogens is 362 g/mol. The van der Waals surface area contributed by atoms with Crippen LogP contribution in [0.25, 0.3) is 17.2 Å².